The van der Waals surface area contributed by atoms with Crippen molar-refractivity contribution in [1.82, 2.24) is 9.80 Å². The van der Waals surface area contributed by atoms with Crippen LogP contribution in [0.3, 0.4) is 0 Å². The smallest absolute Gasteiger partial charge is 0.223 e. The number of hydrogen-bond donors (Lipinski definition) is 0. The number of carbonyl (C=O) groups excluding carboxylic acids is 2. The van der Waals surface area contributed by atoms with Gasteiger partial charge in [0.25, 0.3) is 0 Å². The number of ketones is 1. The van der Waals surface area contributed by atoms with Crippen LogP contribution in [0, 0.1) is 5.82 Å². The molecule has 2 heterocycles. The molecule has 0 saturated carbocycles. The minimum atomic E-state index is -0.308. The van der Waals surface area contributed by atoms with Crippen LogP contribution in [0.1, 0.15) is 48.9 Å². The molecule has 170 valence electrons. The van der Waals surface area contributed by atoms with E-state index in [-0.39, 0.29) is 36.5 Å². The van der Waals surface area contributed by atoms with Gasteiger partial charge in [-0.3, -0.25) is 14.5 Å². The first-order chi connectivity index (χ1) is 15.6. The number of carbonyl (C=O) groups is 2. The van der Waals surface area contributed by atoms with Gasteiger partial charge in [-0.2, -0.15) is 0 Å². The van der Waals surface area contributed by atoms with Crippen molar-refractivity contribution in [3.05, 3.63) is 66.0 Å². The van der Waals surface area contributed by atoms with Gasteiger partial charge in [0.1, 0.15) is 6.10 Å². The van der Waals surface area contributed by atoms with Crippen LogP contribution in [0.4, 0.5) is 4.39 Å². The van der Waals surface area contributed by atoms with Crippen molar-refractivity contribution in [3.8, 4) is 5.75 Å². The van der Waals surface area contributed by atoms with E-state index in [1.165, 1.54) is 6.07 Å². The van der Waals surface area contributed by atoms with Crippen molar-refractivity contribution in [1.29, 1.82) is 0 Å². The standard InChI is InChI=1S/C26H31FN2O3/c27-23-8-4-5-9-25(23)32-22-14-18-28(19-15-22)21-12-16-29(17-13-21)26(31)11-10-24(30)20-6-2-1-3-7-20/h1-9,21-22H,10-19H2. The highest BCUT2D eigenvalue weighted by atomic mass is 19.1. The number of rotatable bonds is 7. The van der Waals surface area contributed by atoms with Crippen molar-refractivity contribution in [3.63, 3.8) is 0 Å². The summed E-state index contributed by atoms with van der Waals surface area (Å²) < 4.78 is 19.7. The lowest BCUT2D eigenvalue weighted by Crippen LogP contribution is -2.50. The van der Waals surface area contributed by atoms with Gasteiger partial charge in [-0.25, -0.2) is 4.39 Å². The Labute approximate surface area is 189 Å². The largest absolute Gasteiger partial charge is 0.487 e. The first-order valence-corrected chi connectivity index (χ1v) is 11.6. The monoisotopic (exact) mass is 438 g/mol. The van der Waals surface area contributed by atoms with Crippen LogP contribution in [0.25, 0.3) is 0 Å². The summed E-state index contributed by atoms with van der Waals surface area (Å²) in [5.41, 5.74) is 0.668. The average Bonchev–Trinajstić information content (AvgIpc) is 2.85. The number of benzene rings is 2. The van der Waals surface area contributed by atoms with E-state index in [9.17, 15) is 14.0 Å². The molecule has 0 atom stereocenters. The third-order valence-corrected chi connectivity index (χ3v) is 6.60. The zero-order valence-corrected chi connectivity index (χ0v) is 18.4. The molecule has 2 saturated heterocycles. The second kappa shape index (κ2) is 10.7. The molecule has 2 aliphatic heterocycles. The topological polar surface area (TPSA) is 49.9 Å². The van der Waals surface area contributed by atoms with Crippen LogP contribution in [0.15, 0.2) is 54.6 Å². The Kier molecular flexibility index (Phi) is 7.53. The van der Waals surface area contributed by atoms with E-state index in [0.717, 1.165) is 51.9 Å². The third kappa shape index (κ3) is 5.74. The maximum absolute atomic E-state index is 13.8. The van der Waals surface area contributed by atoms with Crippen molar-refractivity contribution in [2.24, 2.45) is 0 Å². The van der Waals surface area contributed by atoms with E-state index in [4.69, 9.17) is 4.74 Å². The van der Waals surface area contributed by atoms with Crippen molar-refractivity contribution in [2.75, 3.05) is 26.2 Å². The summed E-state index contributed by atoms with van der Waals surface area (Å²) in [5.74, 6) is 0.125. The van der Waals surface area contributed by atoms with Crippen molar-refractivity contribution < 1.29 is 18.7 Å². The summed E-state index contributed by atoms with van der Waals surface area (Å²) in [6.07, 6.45) is 4.26. The number of halogens is 1. The molecule has 5 nitrogen and oxygen atoms in total. The van der Waals surface area contributed by atoms with Crippen LogP contribution >= 0.6 is 0 Å². The highest BCUT2D eigenvalue weighted by Crippen LogP contribution is 2.25. The lowest BCUT2D eigenvalue weighted by Gasteiger charge is -2.41. The molecular weight excluding hydrogens is 407 g/mol. The number of ether oxygens (including phenoxy) is 1. The fourth-order valence-electron chi connectivity index (χ4n) is 4.71. The zero-order chi connectivity index (χ0) is 22.3. The Bertz CT molecular complexity index is 904. The summed E-state index contributed by atoms with van der Waals surface area (Å²) in [6, 6.07) is 16.2. The van der Waals surface area contributed by atoms with Gasteiger partial charge < -0.3 is 9.64 Å². The maximum Gasteiger partial charge on any atom is 0.223 e. The molecule has 2 aromatic rings. The Morgan fingerprint density at radius 1 is 0.844 bits per heavy atom. The molecule has 2 fully saturated rings. The highest BCUT2D eigenvalue weighted by Gasteiger charge is 2.30. The predicted octanol–water partition coefficient (Wildman–Crippen LogP) is 4.32. The first-order valence-electron chi connectivity index (χ1n) is 11.6. The number of hydrogen-bond acceptors (Lipinski definition) is 4. The van der Waals surface area contributed by atoms with Crippen LogP contribution in [0.5, 0.6) is 5.75 Å². The summed E-state index contributed by atoms with van der Waals surface area (Å²) in [7, 11) is 0. The molecule has 6 heteroatoms. The van der Waals surface area contributed by atoms with Gasteiger partial charge in [-0.05, 0) is 37.8 Å². The molecule has 32 heavy (non-hydrogen) atoms. The van der Waals surface area contributed by atoms with E-state index in [1.807, 2.05) is 23.1 Å². The van der Waals surface area contributed by atoms with Gasteiger partial charge >= 0.3 is 0 Å². The Morgan fingerprint density at radius 2 is 1.50 bits per heavy atom. The van der Waals surface area contributed by atoms with Gasteiger partial charge in [0.05, 0.1) is 0 Å². The number of Topliss-reactive ketones (excluding diaryl/α,β-unsaturated/α-hetero) is 1. The molecular formula is C26H31FN2O3. The zero-order valence-electron chi connectivity index (χ0n) is 18.4. The second-order valence-corrected chi connectivity index (χ2v) is 8.68. The number of piperidine rings is 2. The summed E-state index contributed by atoms with van der Waals surface area (Å²) in [5, 5.41) is 0. The molecule has 2 aromatic carbocycles. The minimum Gasteiger partial charge on any atom is -0.487 e. The molecule has 0 aromatic heterocycles. The van der Waals surface area contributed by atoms with Crippen molar-refractivity contribution in [2.45, 2.75) is 50.7 Å². The Balaban J connectivity index is 1.17. The van der Waals surface area contributed by atoms with E-state index < -0.39 is 0 Å². The van der Waals surface area contributed by atoms with Crippen LogP contribution < -0.4 is 4.74 Å². The molecule has 0 N–H and O–H groups in total. The lowest BCUT2D eigenvalue weighted by atomic mass is 9.98. The Hall–Kier alpha value is -2.73. The van der Waals surface area contributed by atoms with Crippen LogP contribution in [-0.4, -0.2) is 59.8 Å². The second-order valence-electron chi connectivity index (χ2n) is 8.68. The van der Waals surface area contributed by atoms with Crippen LogP contribution in [0.2, 0.25) is 0 Å². The third-order valence-electron chi connectivity index (χ3n) is 6.60. The van der Waals surface area contributed by atoms with Crippen molar-refractivity contribution >= 4 is 11.7 Å². The number of nitrogens with zero attached hydrogens (tertiary/aromatic N) is 2. The average molecular weight is 439 g/mol. The molecule has 1 amide bonds. The van der Waals surface area contributed by atoms with E-state index in [0.29, 0.717) is 17.4 Å². The Morgan fingerprint density at radius 3 is 2.19 bits per heavy atom. The minimum absolute atomic E-state index is 0.0225. The quantitative estimate of drug-likeness (QED) is 0.604. The fourth-order valence-corrected chi connectivity index (χ4v) is 4.71. The lowest BCUT2D eigenvalue weighted by molar-refractivity contribution is -0.132. The molecule has 0 spiro atoms. The molecule has 0 unspecified atom stereocenters. The summed E-state index contributed by atoms with van der Waals surface area (Å²) in [6.45, 7) is 3.36. The predicted molar refractivity (Wildman–Crippen MR) is 121 cm³/mol. The molecule has 4 rings (SSSR count). The SMILES string of the molecule is O=C(CCC(=O)N1CCC(N2CCC(Oc3ccccc3F)CC2)CC1)c1ccccc1. The van der Waals surface area contributed by atoms with E-state index in [2.05, 4.69) is 4.90 Å². The van der Waals surface area contributed by atoms with Gasteiger partial charge in [0, 0.05) is 50.6 Å². The molecule has 0 radical (unpaired) electrons. The number of likely N-dealkylation sites (tertiary alicyclic amines) is 2. The molecule has 0 aliphatic carbocycles. The van der Waals surface area contributed by atoms with Gasteiger partial charge in [0.2, 0.25) is 5.91 Å². The van der Waals surface area contributed by atoms with Gasteiger partial charge in [0.15, 0.2) is 17.3 Å². The highest BCUT2D eigenvalue weighted by molar-refractivity contribution is 5.97. The fraction of sp³-hybridized carbons (Fsp3) is 0.462. The van der Waals surface area contributed by atoms with E-state index in [1.54, 1.807) is 30.3 Å². The van der Waals surface area contributed by atoms with Gasteiger partial charge in [-0.1, -0.05) is 42.5 Å². The first kappa shape index (κ1) is 22.5. The molecule has 2 aliphatic rings. The maximum atomic E-state index is 13.8. The summed E-state index contributed by atoms with van der Waals surface area (Å²) >= 11 is 0. The number of para-hydroxylation sites is 1. The van der Waals surface area contributed by atoms with Crippen LogP contribution in [-0.2, 0) is 4.79 Å². The van der Waals surface area contributed by atoms with E-state index >= 15 is 0 Å². The number of amides is 1. The molecule has 0 bridgehead atoms. The van der Waals surface area contributed by atoms with Gasteiger partial charge in [-0.15, -0.1) is 0 Å². The normalized spacial score (nSPS) is 18.5. The summed E-state index contributed by atoms with van der Waals surface area (Å²) in [4.78, 5) is 29.2.